The molecule has 1 fully saturated rings. The minimum atomic E-state index is 0.386. The quantitative estimate of drug-likeness (QED) is 0.791. The van der Waals surface area contributed by atoms with Crippen molar-refractivity contribution in [1.29, 1.82) is 0 Å². The first-order valence-corrected chi connectivity index (χ1v) is 9.78. The number of rotatable bonds is 4. The van der Waals surface area contributed by atoms with Crippen LogP contribution in [0.25, 0.3) is 5.57 Å². The van der Waals surface area contributed by atoms with Crippen molar-refractivity contribution in [3.05, 3.63) is 35.4 Å². The lowest BCUT2D eigenvalue weighted by Crippen LogP contribution is -2.18. The molecule has 2 aliphatic carbocycles. The third-order valence-corrected chi connectivity index (χ3v) is 6.03. The molecular formula is C22H33NO. The standard InChI is InChI=1S/C22H33NO/c1-23(2)16-20-12-11-18(17-7-4-3-5-8-17)13-14-22(20)19-9-6-10-21(24)15-19/h6,9-10,15,17-18,24H,3-5,7-8,11-14,16H2,1-2H3. The zero-order valence-corrected chi connectivity index (χ0v) is 15.4. The summed E-state index contributed by atoms with van der Waals surface area (Å²) in [6.07, 6.45) is 12.3. The molecule has 2 heteroatoms. The van der Waals surface area contributed by atoms with E-state index in [1.165, 1.54) is 68.9 Å². The molecule has 1 unspecified atom stereocenters. The molecule has 1 saturated carbocycles. The lowest BCUT2D eigenvalue weighted by molar-refractivity contribution is 0.228. The summed E-state index contributed by atoms with van der Waals surface area (Å²) in [5.74, 6) is 2.25. The van der Waals surface area contributed by atoms with E-state index in [1.54, 1.807) is 11.6 Å². The zero-order chi connectivity index (χ0) is 16.9. The van der Waals surface area contributed by atoms with Gasteiger partial charge in [0.1, 0.15) is 5.75 Å². The van der Waals surface area contributed by atoms with Crippen LogP contribution in [0.4, 0.5) is 0 Å². The monoisotopic (exact) mass is 327 g/mol. The molecule has 1 atom stereocenters. The van der Waals surface area contributed by atoms with Gasteiger partial charge in [0.2, 0.25) is 0 Å². The second kappa shape index (κ2) is 8.20. The van der Waals surface area contributed by atoms with E-state index < -0.39 is 0 Å². The third-order valence-electron chi connectivity index (χ3n) is 6.03. The van der Waals surface area contributed by atoms with Gasteiger partial charge in [-0.1, -0.05) is 49.8 Å². The molecule has 2 nitrogen and oxygen atoms in total. The van der Waals surface area contributed by atoms with E-state index in [2.05, 4.69) is 25.1 Å². The Kier molecular flexibility index (Phi) is 5.99. The molecule has 0 aliphatic heterocycles. The molecule has 0 radical (unpaired) electrons. The van der Waals surface area contributed by atoms with Crippen molar-refractivity contribution in [2.75, 3.05) is 20.6 Å². The van der Waals surface area contributed by atoms with Crippen LogP contribution in [0, 0.1) is 11.8 Å². The van der Waals surface area contributed by atoms with Crippen molar-refractivity contribution in [3.63, 3.8) is 0 Å². The highest BCUT2D eigenvalue weighted by atomic mass is 16.3. The van der Waals surface area contributed by atoms with Crippen molar-refractivity contribution in [2.24, 2.45) is 11.8 Å². The van der Waals surface area contributed by atoms with Crippen molar-refractivity contribution in [1.82, 2.24) is 4.90 Å². The van der Waals surface area contributed by atoms with Crippen LogP contribution in [-0.2, 0) is 0 Å². The summed E-state index contributed by atoms with van der Waals surface area (Å²) < 4.78 is 0. The molecule has 0 spiro atoms. The van der Waals surface area contributed by atoms with E-state index in [1.807, 2.05) is 12.1 Å². The molecule has 1 N–H and O–H groups in total. The number of allylic oxidation sites excluding steroid dienone is 1. The summed E-state index contributed by atoms with van der Waals surface area (Å²) in [5, 5.41) is 9.91. The molecule has 3 rings (SSSR count). The van der Waals surface area contributed by atoms with Crippen LogP contribution in [-0.4, -0.2) is 30.6 Å². The fourth-order valence-corrected chi connectivity index (χ4v) is 4.84. The van der Waals surface area contributed by atoms with Gasteiger partial charge in [0.05, 0.1) is 0 Å². The number of phenolic OH excluding ortho intramolecular Hbond substituents is 1. The van der Waals surface area contributed by atoms with E-state index >= 15 is 0 Å². The van der Waals surface area contributed by atoms with Gasteiger partial charge in [0.15, 0.2) is 0 Å². The number of benzene rings is 1. The molecule has 132 valence electrons. The molecule has 1 aromatic rings. The summed E-state index contributed by atoms with van der Waals surface area (Å²) in [6.45, 7) is 1.04. The Labute approximate surface area is 147 Å². The Morgan fingerprint density at radius 1 is 0.958 bits per heavy atom. The predicted octanol–water partition coefficient (Wildman–Crippen LogP) is 5.48. The highest BCUT2D eigenvalue weighted by molar-refractivity contribution is 5.70. The van der Waals surface area contributed by atoms with Crippen molar-refractivity contribution < 1.29 is 5.11 Å². The van der Waals surface area contributed by atoms with Crippen LogP contribution in [0.1, 0.15) is 63.4 Å². The summed E-state index contributed by atoms with van der Waals surface area (Å²) in [4.78, 5) is 2.29. The van der Waals surface area contributed by atoms with Crippen molar-refractivity contribution >= 4 is 5.57 Å². The van der Waals surface area contributed by atoms with Crippen LogP contribution in [0.15, 0.2) is 29.8 Å². The molecule has 0 bridgehead atoms. The van der Waals surface area contributed by atoms with Gasteiger partial charge in [-0.05, 0) is 74.9 Å². The van der Waals surface area contributed by atoms with Crippen LogP contribution in [0.3, 0.4) is 0 Å². The minimum absolute atomic E-state index is 0.386. The number of hydrogen-bond donors (Lipinski definition) is 1. The van der Waals surface area contributed by atoms with Gasteiger partial charge in [0, 0.05) is 6.54 Å². The largest absolute Gasteiger partial charge is 0.508 e. The van der Waals surface area contributed by atoms with Crippen LogP contribution in [0.5, 0.6) is 5.75 Å². The average molecular weight is 328 g/mol. The first kappa shape index (κ1) is 17.5. The summed E-state index contributed by atoms with van der Waals surface area (Å²) in [7, 11) is 4.33. The number of phenols is 1. The Hall–Kier alpha value is -1.28. The van der Waals surface area contributed by atoms with Crippen LogP contribution >= 0.6 is 0 Å². The Bertz CT molecular complexity index is 569. The fourth-order valence-electron chi connectivity index (χ4n) is 4.84. The number of nitrogens with zero attached hydrogens (tertiary/aromatic N) is 1. The summed E-state index contributed by atoms with van der Waals surface area (Å²) in [6, 6.07) is 7.88. The first-order valence-electron chi connectivity index (χ1n) is 9.78. The lowest BCUT2D eigenvalue weighted by Gasteiger charge is -2.29. The van der Waals surface area contributed by atoms with Gasteiger partial charge < -0.3 is 10.0 Å². The highest BCUT2D eigenvalue weighted by Crippen LogP contribution is 2.41. The first-order chi connectivity index (χ1) is 11.6. The van der Waals surface area contributed by atoms with E-state index in [-0.39, 0.29) is 0 Å². The topological polar surface area (TPSA) is 23.5 Å². The lowest BCUT2D eigenvalue weighted by atomic mass is 9.76. The molecule has 2 aliphatic rings. The number of likely N-dealkylation sites (N-methyl/N-ethyl adjacent to an activating group) is 1. The maximum atomic E-state index is 9.91. The predicted molar refractivity (Wildman–Crippen MR) is 102 cm³/mol. The van der Waals surface area contributed by atoms with Gasteiger partial charge >= 0.3 is 0 Å². The average Bonchev–Trinajstić information content (AvgIpc) is 2.78. The number of aromatic hydroxyl groups is 1. The van der Waals surface area contributed by atoms with E-state index in [0.717, 1.165) is 18.4 Å². The van der Waals surface area contributed by atoms with Gasteiger partial charge in [-0.15, -0.1) is 0 Å². The second-order valence-corrected chi connectivity index (χ2v) is 8.11. The summed E-state index contributed by atoms with van der Waals surface area (Å²) >= 11 is 0. The molecule has 0 saturated heterocycles. The third kappa shape index (κ3) is 4.42. The minimum Gasteiger partial charge on any atom is -0.508 e. The maximum Gasteiger partial charge on any atom is 0.116 e. The van der Waals surface area contributed by atoms with Crippen molar-refractivity contribution in [3.8, 4) is 5.75 Å². The Balaban J connectivity index is 1.80. The van der Waals surface area contributed by atoms with E-state index in [4.69, 9.17) is 0 Å². The van der Waals surface area contributed by atoms with Gasteiger partial charge in [0.25, 0.3) is 0 Å². The van der Waals surface area contributed by atoms with E-state index in [9.17, 15) is 5.11 Å². The number of hydrogen-bond acceptors (Lipinski definition) is 2. The second-order valence-electron chi connectivity index (χ2n) is 8.11. The molecule has 0 heterocycles. The normalized spacial score (nSPS) is 23.5. The van der Waals surface area contributed by atoms with Gasteiger partial charge in [-0.25, -0.2) is 0 Å². The van der Waals surface area contributed by atoms with E-state index in [0.29, 0.717) is 5.75 Å². The molecule has 1 aromatic carbocycles. The molecular weight excluding hydrogens is 294 g/mol. The highest BCUT2D eigenvalue weighted by Gasteiger charge is 2.27. The molecule has 0 amide bonds. The smallest absolute Gasteiger partial charge is 0.116 e. The van der Waals surface area contributed by atoms with Gasteiger partial charge in [-0.2, -0.15) is 0 Å². The molecule has 0 aromatic heterocycles. The van der Waals surface area contributed by atoms with Crippen LogP contribution in [0.2, 0.25) is 0 Å². The van der Waals surface area contributed by atoms with Crippen LogP contribution < -0.4 is 0 Å². The Morgan fingerprint density at radius 2 is 1.67 bits per heavy atom. The van der Waals surface area contributed by atoms with Crippen molar-refractivity contribution in [2.45, 2.75) is 57.8 Å². The molecule has 24 heavy (non-hydrogen) atoms. The maximum absolute atomic E-state index is 9.91. The SMILES string of the molecule is CN(C)CC1=C(c2cccc(O)c2)CCC(C2CCCCC2)CC1. The zero-order valence-electron chi connectivity index (χ0n) is 15.4. The fraction of sp³-hybridized carbons (Fsp3) is 0.636. The Morgan fingerprint density at radius 3 is 2.38 bits per heavy atom. The summed E-state index contributed by atoms with van der Waals surface area (Å²) in [5.41, 5.74) is 4.32. The van der Waals surface area contributed by atoms with Gasteiger partial charge in [-0.3, -0.25) is 0 Å².